The van der Waals surface area contributed by atoms with Crippen LogP contribution in [0.4, 0.5) is 4.39 Å². The van der Waals surface area contributed by atoms with E-state index in [1.807, 2.05) is 30.3 Å². The zero-order valence-corrected chi connectivity index (χ0v) is 20.2. The predicted octanol–water partition coefficient (Wildman–Crippen LogP) is 5.04. The van der Waals surface area contributed by atoms with Gasteiger partial charge in [0.25, 0.3) is 0 Å². The molecule has 0 saturated carbocycles. The third-order valence-corrected chi connectivity index (χ3v) is 5.20. The number of aryl methyl sites for hydroxylation is 1. The summed E-state index contributed by atoms with van der Waals surface area (Å²) >= 11 is 0. The zero-order chi connectivity index (χ0) is 24.5. The number of nitrogens with zero attached hydrogens (tertiary/aromatic N) is 3. The number of para-hydroxylation sites is 1. The van der Waals surface area contributed by atoms with Gasteiger partial charge in [-0.3, -0.25) is 4.90 Å². The molecule has 0 spiro atoms. The highest BCUT2D eigenvalue weighted by Crippen LogP contribution is 2.35. The van der Waals surface area contributed by atoms with Crippen LogP contribution in [0.2, 0.25) is 0 Å². The summed E-state index contributed by atoms with van der Waals surface area (Å²) in [6.45, 7) is 10.1. The lowest BCUT2D eigenvalue weighted by molar-refractivity contribution is 0.0222. The molecule has 2 aromatic carbocycles. The summed E-state index contributed by atoms with van der Waals surface area (Å²) in [5, 5.41) is 15.3. The Balaban J connectivity index is 1.96. The molecule has 1 heterocycles. The van der Waals surface area contributed by atoms with Gasteiger partial charge in [0.1, 0.15) is 5.69 Å². The molecule has 0 saturated heterocycles. The number of hydrogen-bond acceptors (Lipinski definition) is 5. The first-order valence-electron chi connectivity index (χ1n) is 11.5. The number of hydrogen-bond donors (Lipinski definition) is 1. The number of halogens is 1. The number of aliphatic hydroxyl groups is 1. The summed E-state index contributed by atoms with van der Waals surface area (Å²) in [5.74, 6) is 0.536. The van der Waals surface area contributed by atoms with E-state index in [1.165, 1.54) is 6.07 Å². The fourth-order valence-electron chi connectivity index (χ4n) is 3.86. The van der Waals surface area contributed by atoms with Crippen molar-refractivity contribution >= 4 is 0 Å². The Morgan fingerprint density at radius 1 is 1.12 bits per heavy atom. The smallest absolute Gasteiger partial charge is 0.222 e. The van der Waals surface area contributed by atoms with Gasteiger partial charge >= 0.3 is 0 Å². The maximum absolute atomic E-state index is 14.4. The van der Waals surface area contributed by atoms with Gasteiger partial charge in [-0.05, 0) is 18.1 Å². The standard InChI is InChI=1S/C27H34FN3O3/c1-5-15-33-19-22(32)17-31(16-20(2)3)18-23-26(21-11-7-6-8-12-21)29-30(4)27(23)34-25-14-10-9-13-24(25)28/h5-14,20,22,32H,1,15-19H2,2-4H3. The summed E-state index contributed by atoms with van der Waals surface area (Å²) in [6.07, 6.45) is 0.999. The number of ether oxygens (including phenoxy) is 2. The zero-order valence-electron chi connectivity index (χ0n) is 20.2. The van der Waals surface area contributed by atoms with Crippen molar-refractivity contribution in [1.29, 1.82) is 0 Å². The molecular weight excluding hydrogens is 433 g/mol. The second kappa shape index (κ2) is 12.5. The maximum Gasteiger partial charge on any atom is 0.222 e. The molecule has 1 N–H and O–H groups in total. The third kappa shape index (κ3) is 7.00. The fourth-order valence-corrected chi connectivity index (χ4v) is 3.86. The number of benzene rings is 2. The summed E-state index contributed by atoms with van der Waals surface area (Å²) in [4.78, 5) is 2.16. The predicted molar refractivity (Wildman–Crippen MR) is 132 cm³/mol. The molecule has 1 atom stereocenters. The van der Waals surface area contributed by atoms with Gasteiger partial charge in [0.15, 0.2) is 11.6 Å². The molecule has 0 amide bonds. The van der Waals surface area contributed by atoms with Gasteiger partial charge in [0.05, 0.1) is 24.9 Å². The average molecular weight is 468 g/mol. The molecule has 7 heteroatoms. The third-order valence-electron chi connectivity index (χ3n) is 5.20. The second-order valence-electron chi connectivity index (χ2n) is 8.72. The van der Waals surface area contributed by atoms with Crippen molar-refractivity contribution < 1.29 is 19.0 Å². The van der Waals surface area contributed by atoms with Crippen LogP contribution in [0.25, 0.3) is 11.3 Å². The molecule has 3 aromatic rings. The Morgan fingerprint density at radius 2 is 1.82 bits per heavy atom. The maximum atomic E-state index is 14.4. The largest absolute Gasteiger partial charge is 0.436 e. The van der Waals surface area contributed by atoms with E-state index in [-0.39, 0.29) is 12.4 Å². The highest BCUT2D eigenvalue weighted by molar-refractivity contribution is 5.65. The summed E-state index contributed by atoms with van der Waals surface area (Å²) in [7, 11) is 1.79. The molecule has 0 bridgehead atoms. The van der Waals surface area contributed by atoms with E-state index in [2.05, 4.69) is 25.3 Å². The second-order valence-corrected chi connectivity index (χ2v) is 8.72. The highest BCUT2D eigenvalue weighted by atomic mass is 19.1. The Kier molecular flexibility index (Phi) is 9.39. The Bertz CT molecular complexity index is 1050. The van der Waals surface area contributed by atoms with Crippen LogP contribution in [0.1, 0.15) is 19.4 Å². The van der Waals surface area contributed by atoms with Crippen molar-refractivity contribution in [3.63, 3.8) is 0 Å². The van der Waals surface area contributed by atoms with Crippen molar-refractivity contribution in [1.82, 2.24) is 14.7 Å². The van der Waals surface area contributed by atoms with Crippen molar-refractivity contribution in [3.8, 4) is 22.9 Å². The first-order valence-corrected chi connectivity index (χ1v) is 11.5. The lowest BCUT2D eigenvalue weighted by Gasteiger charge is -2.27. The average Bonchev–Trinajstić information content (AvgIpc) is 3.10. The molecule has 182 valence electrons. The van der Waals surface area contributed by atoms with E-state index in [4.69, 9.17) is 14.6 Å². The molecule has 0 aliphatic rings. The summed E-state index contributed by atoms with van der Waals surface area (Å²) < 4.78 is 27.5. The van der Waals surface area contributed by atoms with Crippen molar-refractivity contribution in [3.05, 3.63) is 78.6 Å². The van der Waals surface area contributed by atoms with Crippen LogP contribution < -0.4 is 4.74 Å². The topological polar surface area (TPSA) is 59.8 Å². The number of aliphatic hydroxyl groups excluding tert-OH is 1. The lowest BCUT2D eigenvalue weighted by Crippen LogP contribution is -2.37. The van der Waals surface area contributed by atoms with E-state index in [0.717, 1.165) is 23.4 Å². The minimum atomic E-state index is -0.661. The molecule has 0 radical (unpaired) electrons. The molecule has 1 unspecified atom stereocenters. The van der Waals surface area contributed by atoms with E-state index in [0.29, 0.717) is 31.5 Å². The quantitative estimate of drug-likeness (QED) is 0.282. The van der Waals surface area contributed by atoms with Gasteiger partial charge < -0.3 is 14.6 Å². The van der Waals surface area contributed by atoms with Crippen LogP contribution in [0.3, 0.4) is 0 Å². The van der Waals surface area contributed by atoms with Crippen molar-refractivity contribution in [2.75, 3.05) is 26.3 Å². The van der Waals surface area contributed by atoms with Gasteiger partial charge in [-0.1, -0.05) is 62.4 Å². The molecule has 3 rings (SSSR count). The van der Waals surface area contributed by atoms with Crippen LogP contribution in [0.5, 0.6) is 11.6 Å². The van der Waals surface area contributed by atoms with Gasteiger partial charge in [0, 0.05) is 32.2 Å². The van der Waals surface area contributed by atoms with Gasteiger partial charge in [-0.25, -0.2) is 9.07 Å². The van der Waals surface area contributed by atoms with E-state index < -0.39 is 11.9 Å². The fraction of sp³-hybridized carbons (Fsp3) is 0.370. The van der Waals surface area contributed by atoms with Crippen LogP contribution in [-0.4, -0.2) is 52.2 Å². The Morgan fingerprint density at radius 3 is 2.50 bits per heavy atom. The van der Waals surface area contributed by atoms with E-state index in [1.54, 1.807) is 36.0 Å². The van der Waals surface area contributed by atoms with Crippen LogP contribution >= 0.6 is 0 Å². The van der Waals surface area contributed by atoms with Crippen molar-refractivity contribution in [2.45, 2.75) is 26.5 Å². The monoisotopic (exact) mass is 467 g/mol. The molecule has 0 aliphatic heterocycles. The minimum Gasteiger partial charge on any atom is -0.436 e. The van der Waals surface area contributed by atoms with Crippen LogP contribution in [0, 0.1) is 11.7 Å². The number of rotatable bonds is 13. The molecule has 34 heavy (non-hydrogen) atoms. The summed E-state index contributed by atoms with van der Waals surface area (Å²) in [5.41, 5.74) is 2.54. The minimum absolute atomic E-state index is 0.139. The van der Waals surface area contributed by atoms with Gasteiger partial charge in [0.2, 0.25) is 5.88 Å². The molecular formula is C27H34FN3O3. The Hall–Kier alpha value is -3.00. The van der Waals surface area contributed by atoms with Crippen LogP contribution in [-0.2, 0) is 18.3 Å². The molecule has 1 aromatic heterocycles. The van der Waals surface area contributed by atoms with Crippen LogP contribution in [0.15, 0.2) is 67.3 Å². The van der Waals surface area contributed by atoms with Gasteiger partial charge in [-0.15, -0.1) is 6.58 Å². The summed E-state index contributed by atoms with van der Waals surface area (Å²) in [6, 6.07) is 16.2. The Labute approximate surface area is 201 Å². The highest BCUT2D eigenvalue weighted by Gasteiger charge is 2.24. The van der Waals surface area contributed by atoms with Crippen molar-refractivity contribution in [2.24, 2.45) is 13.0 Å². The molecule has 6 nitrogen and oxygen atoms in total. The first kappa shape index (κ1) is 25.6. The molecule has 0 fully saturated rings. The SMILES string of the molecule is C=CCOCC(O)CN(Cc1c(-c2ccccc2)nn(C)c1Oc1ccccc1F)CC(C)C. The number of aromatic nitrogens is 2. The first-order chi connectivity index (χ1) is 16.4. The normalized spacial score (nSPS) is 12.3. The van der Waals surface area contributed by atoms with Gasteiger partial charge in [-0.2, -0.15) is 5.10 Å². The lowest BCUT2D eigenvalue weighted by atomic mass is 10.1. The van der Waals surface area contributed by atoms with E-state index >= 15 is 0 Å². The van der Waals surface area contributed by atoms with E-state index in [9.17, 15) is 9.50 Å². The molecule has 0 aliphatic carbocycles.